The Hall–Kier alpha value is -2.38. The van der Waals surface area contributed by atoms with Crippen molar-refractivity contribution in [1.29, 1.82) is 0 Å². The molecule has 1 aliphatic heterocycles. The summed E-state index contributed by atoms with van der Waals surface area (Å²) in [5.41, 5.74) is 2.22. The molecule has 2 aromatic carbocycles. The average molecular weight is 445 g/mol. The van der Waals surface area contributed by atoms with E-state index in [1.54, 1.807) is 37.3 Å². The molecule has 0 bridgehead atoms. The Morgan fingerprint density at radius 3 is 2.61 bits per heavy atom. The third-order valence-electron chi connectivity index (χ3n) is 5.53. The van der Waals surface area contributed by atoms with E-state index in [4.69, 9.17) is 4.74 Å². The fourth-order valence-electron chi connectivity index (χ4n) is 3.60. The van der Waals surface area contributed by atoms with Crippen LogP contribution in [0, 0.1) is 12.8 Å². The van der Waals surface area contributed by atoms with Crippen molar-refractivity contribution in [2.45, 2.75) is 50.8 Å². The van der Waals surface area contributed by atoms with E-state index >= 15 is 0 Å². The van der Waals surface area contributed by atoms with Crippen LogP contribution in [0.2, 0.25) is 0 Å². The van der Waals surface area contributed by atoms with Crippen LogP contribution in [0.25, 0.3) is 0 Å². The van der Waals surface area contributed by atoms with Crippen LogP contribution in [0.3, 0.4) is 0 Å². The lowest BCUT2D eigenvalue weighted by Crippen LogP contribution is -2.33. The molecular weight excluding hydrogens is 412 g/mol. The molecule has 1 heterocycles. The number of aryl methyl sites for hydroxylation is 1. The van der Waals surface area contributed by atoms with E-state index in [0.29, 0.717) is 35.9 Å². The standard InChI is InChI=1S/C24H32N2O4S/c1-17-10-11-20(24(2,3)4)14-22(17)31(28,29)26-21-9-5-8-19(13-21)23(27)25-15-18-7-6-12-30-16-18/h5,8-11,13-14,18,26H,6-7,12,15-16H2,1-4H3,(H,25,27)/t18-/m0/s1. The molecular formula is C24H32N2O4S. The van der Waals surface area contributed by atoms with Crippen LogP contribution in [-0.2, 0) is 20.2 Å². The van der Waals surface area contributed by atoms with Gasteiger partial charge in [-0.05, 0) is 66.5 Å². The lowest BCUT2D eigenvalue weighted by Gasteiger charge is -2.22. The molecule has 0 aliphatic carbocycles. The second kappa shape index (κ2) is 9.40. The first-order valence-corrected chi connectivity index (χ1v) is 12.1. The van der Waals surface area contributed by atoms with Gasteiger partial charge in [0.15, 0.2) is 0 Å². The average Bonchev–Trinajstić information content (AvgIpc) is 2.72. The highest BCUT2D eigenvalue weighted by atomic mass is 32.2. The summed E-state index contributed by atoms with van der Waals surface area (Å²) in [6.07, 6.45) is 2.04. The van der Waals surface area contributed by atoms with Crippen molar-refractivity contribution >= 4 is 21.6 Å². The predicted molar refractivity (Wildman–Crippen MR) is 123 cm³/mol. The number of hydrogen-bond acceptors (Lipinski definition) is 4. The number of anilines is 1. The van der Waals surface area contributed by atoms with E-state index in [1.807, 2.05) is 32.9 Å². The molecule has 6 nitrogen and oxygen atoms in total. The number of rotatable bonds is 6. The molecule has 1 amide bonds. The Labute approximate surface area is 185 Å². The summed E-state index contributed by atoms with van der Waals surface area (Å²) < 4.78 is 34.3. The van der Waals surface area contributed by atoms with E-state index < -0.39 is 10.0 Å². The van der Waals surface area contributed by atoms with E-state index in [2.05, 4.69) is 10.0 Å². The summed E-state index contributed by atoms with van der Waals surface area (Å²) in [4.78, 5) is 12.8. The first-order valence-electron chi connectivity index (χ1n) is 10.7. The van der Waals surface area contributed by atoms with Gasteiger partial charge in [-0.1, -0.05) is 39.0 Å². The van der Waals surface area contributed by atoms with Gasteiger partial charge in [0.05, 0.1) is 11.5 Å². The first kappa shape index (κ1) is 23.3. The Balaban J connectivity index is 1.74. The van der Waals surface area contributed by atoms with E-state index in [-0.39, 0.29) is 16.2 Å². The summed E-state index contributed by atoms with van der Waals surface area (Å²) in [5, 5.41) is 2.93. The topological polar surface area (TPSA) is 84.5 Å². The molecule has 0 radical (unpaired) electrons. The molecule has 0 spiro atoms. The van der Waals surface area contributed by atoms with Crippen LogP contribution in [0.1, 0.15) is 55.1 Å². The van der Waals surface area contributed by atoms with Gasteiger partial charge in [-0.15, -0.1) is 0 Å². The maximum absolute atomic E-state index is 13.1. The van der Waals surface area contributed by atoms with Gasteiger partial charge in [-0.2, -0.15) is 0 Å². The molecule has 1 atom stereocenters. The Kier molecular flexibility index (Phi) is 7.06. The lowest BCUT2D eigenvalue weighted by molar-refractivity contribution is 0.0536. The maximum atomic E-state index is 13.1. The monoisotopic (exact) mass is 444 g/mol. The number of amides is 1. The zero-order valence-electron chi connectivity index (χ0n) is 18.7. The largest absolute Gasteiger partial charge is 0.381 e. The normalized spacial score (nSPS) is 17.2. The van der Waals surface area contributed by atoms with Crippen LogP contribution in [0.5, 0.6) is 0 Å². The lowest BCUT2D eigenvalue weighted by atomic mass is 9.87. The number of nitrogens with one attached hydrogen (secondary N) is 2. The van der Waals surface area contributed by atoms with Crippen molar-refractivity contribution in [3.63, 3.8) is 0 Å². The van der Waals surface area contributed by atoms with Crippen LogP contribution in [-0.4, -0.2) is 34.1 Å². The Morgan fingerprint density at radius 1 is 1.16 bits per heavy atom. The fraction of sp³-hybridized carbons (Fsp3) is 0.458. The van der Waals surface area contributed by atoms with Crippen molar-refractivity contribution in [1.82, 2.24) is 5.32 Å². The summed E-state index contributed by atoms with van der Waals surface area (Å²) in [6.45, 7) is 9.90. The number of carbonyl (C=O) groups excluding carboxylic acids is 1. The van der Waals surface area contributed by atoms with Gasteiger partial charge in [0.2, 0.25) is 0 Å². The minimum Gasteiger partial charge on any atom is -0.381 e. The summed E-state index contributed by atoms with van der Waals surface area (Å²) in [5.74, 6) is 0.0926. The van der Waals surface area contributed by atoms with Crippen molar-refractivity contribution in [3.8, 4) is 0 Å². The van der Waals surface area contributed by atoms with E-state index in [9.17, 15) is 13.2 Å². The second-order valence-corrected chi connectivity index (χ2v) is 10.9. The molecule has 0 unspecified atom stereocenters. The predicted octanol–water partition coefficient (Wildman–Crippen LogP) is 4.25. The van der Waals surface area contributed by atoms with Gasteiger partial charge in [-0.25, -0.2) is 8.42 Å². The number of sulfonamides is 1. The minimum atomic E-state index is -3.80. The molecule has 1 saturated heterocycles. The molecule has 168 valence electrons. The minimum absolute atomic E-state index is 0.167. The molecule has 2 aromatic rings. The highest BCUT2D eigenvalue weighted by Gasteiger charge is 2.22. The zero-order chi connectivity index (χ0) is 22.6. The van der Waals surface area contributed by atoms with Crippen molar-refractivity contribution in [3.05, 3.63) is 59.2 Å². The first-order chi connectivity index (χ1) is 14.6. The van der Waals surface area contributed by atoms with Gasteiger partial charge >= 0.3 is 0 Å². The zero-order valence-corrected chi connectivity index (χ0v) is 19.5. The smallest absolute Gasteiger partial charge is 0.262 e. The number of carbonyl (C=O) groups is 1. The molecule has 0 aromatic heterocycles. The van der Waals surface area contributed by atoms with Crippen molar-refractivity contribution < 1.29 is 17.9 Å². The third-order valence-corrected chi connectivity index (χ3v) is 7.05. The molecule has 1 aliphatic rings. The van der Waals surface area contributed by atoms with Gasteiger partial charge in [0.25, 0.3) is 15.9 Å². The summed E-state index contributed by atoms with van der Waals surface area (Å²) in [6, 6.07) is 12.1. The highest BCUT2D eigenvalue weighted by molar-refractivity contribution is 7.92. The van der Waals surface area contributed by atoms with E-state index in [1.165, 1.54) is 0 Å². The summed E-state index contributed by atoms with van der Waals surface area (Å²) >= 11 is 0. The van der Waals surface area contributed by atoms with Gasteiger partial charge < -0.3 is 10.1 Å². The molecule has 31 heavy (non-hydrogen) atoms. The SMILES string of the molecule is Cc1ccc(C(C)(C)C)cc1S(=O)(=O)Nc1cccc(C(=O)NC[C@@H]2CCCOC2)c1. The Morgan fingerprint density at radius 2 is 1.94 bits per heavy atom. The van der Waals surface area contributed by atoms with Crippen LogP contribution < -0.4 is 10.0 Å². The van der Waals surface area contributed by atoms with Gasteiger partial charge in [0, 0.05) is 24.4 Å². The van der Waals surface area contributed by atoms with Crippen LogP contribution in [0.15, 0.2) is 47.4 Å². The molecule has 0 saturated carbocycles. The maximum Gasteiger partial charge on any atom is 0.262 e. The van der Waals surface area contributed by atoms with Gasteiger partial charge in [-0.3, -0.25) is 9.52 Å². The molecule has 2 N–H and O–H groups in total. The third kappa shape index (κ3) is 6.08. The molecule has 3 rings (SSSR count). The van der Waals surface area contributed by atoms with Gasteiger partial charge in [0.1, 0.15) is 0 Å². The molecule has 1 fully saturated rings. The van der Waals surface area contributed by atoms with Crippen molar-refractivity contribution in [2.75, 3.05) is 24.5 Å². The second-order valence-electron chi connectivity index (χ2n) is 9.21. The number of benzene rings is 2. The highest BCUT2D eigenvalue weighted by Crippen LogP contribution is 2.28. The van der Waals surface area contributed by atoms with Crippen molar-refractivity contribution in [2.24, 2.45) is 5.92 Å². The van der Waals surface area contributed by atoms with Crippen LogP contribution >= 0.6 is 0 Å². The van der Waals surface area contributed by atoms with E-state index in [0.717, 1.165) is 25.0 Å². The Bertz CT molecular complexity index is 1040. The molecule has 7 heteroatoms. The fourth-order valence-corrected chi connectivity index (χ4v) is 4.92. The summed E-state index contributed by atoms with van der Waals surface area (Å²) in [7, 11) is -3.80. The quantitative estimate of drug-likeness (QED) is 0.698. The number of ether oxygens (including phenoxy) is 1. The number of hydrogen-bond donors (Lipinski definition) is 2. The van der Waals surface area contributed by atoms with Crippen LogP contribution in [0.4, 0.5) is 5.69 Å².